The fourth-order valence-electron chi connectivity index (χ4n) is 2.19. The Morgan fingerprint density at radius 2 is 2.04 bits per heavy atom. The van der Waals surface area contributed by atoms with Crippen LogP contribution in [-0.2, 0) is 10.5 Å². The largest absolute Gasteiger partial charge is 0.493 e. The van der Waals surface area contributed by atoms with Crippen LogP contribution < -0.4 is 10.1 Å². The highest BCUT2D eigenvalue weighted by Gasteiger charge is 2.09. The Morgan fingerprint density at radius 1 is 1.22 bits per heavy atom. The van der Waals surface area contributed by atoms with Gasteiger partial charge in [0.1, 0.15) is 5.75 Å². The zero-order chi connectivity index (χ0) is 19.1. The molecule has 1 aromatic heterocycles. The first kappa shape index (κ1) is 19.7. The van der Waals surface area contributed by atoms with E-state index in [2.05, 4.69) is 15.5 Å². The Bertz CT molecular complexity index is 900. The van der Waals surface area contributed by atoms with Gasteiger partial charge >= 0.3 is 0 Å². The zero-order valence-corrected chi connectivity index (χ0v) is 17.0. The Labute approximate surface area is 171 Å². The van der Waals surface area contributed by atoms with Crippen molar-refractivity contribution in [2.75, 3.05) is 11.9 Å². The van der Waals surface area contributed by atoms with E-state index in [9.17, 15) is 4.79 Å². The molecule has 0 aliphatic rings. The monoisotopic (exact) mass is 419 g/mol. The van der Waals surface area contributed by atoms with Crippen molar-refractivity contribution in [3.63, 3.8) is 0 Å². The maximum Gasteiger partial charge on any atom is 0.229 e. The summed E-state index contributed by atoms with van der Waals surface area (Å²) in [5.41, 5.74) is 2.27. The second kappa shape index (κ2) is 9.73. The van der Waals surface area contributed by atoms with Crippen molar-refractivity contribution in [2.45, 2.75) is 23.4 Å². The van der Waals surface area contributed by atoms with Crippen molar-refractivity contribution >= 4 is 45.7 Å². The number of amides is 1. The molecule has 0 saturated heterocycles. The normalized spacial score (nSPS) is 10.6. The molecule has 0 saturated carbocycles. The number of thioether (sulfide) groups is 1. The van der Waals surface area contributed by atoms with Crippen LogP contribution in [0.2, 0.25) is 5.02 Å². The molecule has 3 aromatic rings. The van der Waals surface area contributed by atoms with Gasteiger partial charge in [-0.15, -0.1) is 10.2 Å². The third kappa shape index (κ3) is 6.53. The summed E-state index contributed by atoms with van der Waals surface area (Å²) in [4.78, 5) is 12.0. The molecule has 140 valence electrons. The first-order valence-corrected chi connectivity index (χ1v) is 10.5. The Balaban J connectivity index is 1.41. The average molecular weight is 420 g/mol. The van der Waals surface area contributed by atoms with E-state index in [0.29, 0.717) is 11.7 Å². The fraction of sp³-hybridized carbons (Fsp3) is 0.211. The van der Waals surface area contributed by atoms with Gasteiger partial charge in [0, 0.05) is 10.8 Å². The minimum absolute atomic E-state index is 0.145. The van der Waals surface area contributed by atoms with Gasteiger partial charge in [0.2, 0.25) is 11.0 Å². The third-order valence-electron chi connectivity index (χ3n) is 3.52. The molecule has 8 heteroatoms. The number of hydrogen-bond acceptors (Lipinski definition) is 6. The summed E-state index contributed by atoms with van der Waals surface area (Å²) < 4.78 is 6.39. The topological polar surface area (TPSA) is 64.1 Å². The molecule has 0 aliphatic heterocycles. The molecule has 2 aromatic carbocycles. The van der Waals surface area contributed by atoms with Crippen LogP contribution in [-0.4, -0.2) is 22.7 Å². The van der Waals surface area contributed by atoms with Gasteiger partial charge in [0.05, 0.1) is 13.0 Å². The van der Waals surface area contributed by atoms with E-state index >= 15 is 0 Å². The van der Waals surface area contributed by atoms with E-state index in [1.165, 1.54) is 11.3 Å². The van der Waals surface area contributed by atoms with Gasteiger partial charge < -0.3 is 10.1 Å². The number of carbonyl (C=O) groups excluding carboxylic acids is 1. The molecule has 27 heavy (non-hydrogen) atoms. The molecule has 0 radical (unpaired) electrons. The van der Waals surface area contributed by atoms with Crippen LogP contribution in [0.5, 0.6) is 5.75 Å². The number of aromatic nitrogens is 2. The van der Waals surface area contributed by atoms with Gasteiger partial charge in [-0.1, -0.05) is 59.0 Å². The molecule has 1 heterocycles. The minimum Gasteiger partial charge on any atom is -0.493 e. The Hall–Kier alpha value is -2.09. The predicted octanol–water partition coefficient (Wildman–Crippen LogP) is 5.20. The van der Waals surface area contributed by atoms with Crippen molar-refractivity contribution < 1.29 is 9.53 Å². The number of aryl methyl sites for hydroxylation is 1. The highest BCUT2D eigenvalue weighted by Crippen LogP contribution is 2.28. The standard InChI is InChI=1S/C19H18ClN3O2S2/c1-13-3-2-4-16(11-13)25-10-9-17(24)21-18-22-23-19(27-18)26-12-14-5-7-15(20)8-6-14/h2-8,11H,9-10,12H2,1H3,(H,21,22,24). The van der Waals surface area contributed by atoms with E-state index in [1.54, 1.807) is 11.8 Å². The van der Waals surface area contributed by atoms with Gasteiger partial charge in [-0.2, -0.15) is 0 Å². The first-order valence-electron chi connectivity index (χ1n) is 8.28. The second-order valence-corrected chi connectivity index (χ2v) is 8.39. The summed E-state index contributed by atoms with van der Waals surface area (Å²) in [5, 5.41) is 12.1. The average Bonchev–Trinajstić information content (AvgIpc) is 3.08. The SMILES string of the molecule is Cc1cccc(OCCC(=O)Nc2nnc(SCc3ccc(Cl)cc3)s2)c1. The number of nitrogens with one attached hydrogen (secondary N) is 1. The Morgan fingerprint density at radius 3 is 2.81 bits per heavy atom. The van der Waals surface area contributed by atoms with Crippen LogP contribution in [0.1, 0.15) is 17.5 Å². The molecule has 0 unspecified atom stereocenters. The van der Waals surface area contributed by atoms with E-state index < -0.39 is 0 Å². The number of nitrogens with zero attached hydrogens (tertiary/aromatic N) is 2. The molecular formula is C19H18ClN3O2S2. The second-order valence-electron chi connectivity index (χ2n) is 5.75. The number of rotatable bonds is 8. The van der Waals surface area contributed by atoms with Gasteiger partial charge in [0.25, 0.3) is 0 Å². The number of hydrogen-bond donors (Lipinski definition) is 1. The minimum atomic E-state index is -0.145. The van der Waals surface area contributed by atoms with Crippen LogP contribution in [0.3, 0.4) is 0 Å². The lowest BCUT2D eigenvalue weighted by Crippen LogP contribution is -2.15. The van der Waals surface area contributed by atoms with Gasteiger partial charge in [0.15, 0.2) is 4.34 Å². The van der Waals surface area contributed by atoms with Crippen LogP contribution in [0.25, 0.3) is 0 Å². The van der Waals surface area contributed by atoms with Crippen molar-refractivity contribution in [1.29, 1.82) is 0 Å². The predicted molar refractivity (Wildman–Crippen MR) is 111 cm³/mol. The summed E-state index contributed by atoms with van der Waals surface area (Å²) in [5.74, 6) is 1.39. The van der Waals surface area contributed by atoms with Gasteiger partial charge in [-0.25, -0.2) is 0 Å². The van der Waals surface area contributed by atoms with E-state index in [1.807, 2.05) is 55.5 Å². The third-order valence-corrected chi connectivity index (χ3v) is 5.81. The quantitative estimate of drug-likeness (QED) is 0.401. The lowest BCUT2D eigenvalue weighted by Gasteiger charge is -2.06. The highest BCUT2D eigenvalue weighted by molar-refractivity contribution is 8.00. The Kier molecular flexibility index (Phi) is 7.09. The molecule has 3 rings (SSSR count). The van der Waals surface area contributed by atoms with E-state index in [-0.39, 0.29) is 12.3 Å². The van der Waals surface area contributed by atoms with Crippen LogP contribution >= 0.6 is 34.7 Å². The van der Waals surface area contributed by atoms with E-state index in [0.717, 1.165) is 32.0 Å². The van der Waals surface area contributed by atoms with Crippen molar-refractivity contribution in [3.05, 3.63) is 64.7 Å². The number of carbonyl (C=O) groups is 1. The molecule has 0 bridgehead atoms. The highest BCUT2D eigenvalue weighted by atomic mass is 35.5. The molecule has 0 aliphatic carbocycles. The van der Waals surface area contributed by atoms with Gasteiger partial charge in [-0.3, -0.25) is 4.79 Å². The lowest BCUT2D eigenvalue weighted by molar-refractivity contribution is -0.116. The smallest absolute Gasteiger partial charge is 0.229 e. The van der Waals surface area contributed by atoms with Crippen LogP contribution in [0.15, 0.2) is 52.9 Å². The van der Waals surface area contributed by atoms with Crippen molar-refractivity contribution in [1.82, 2.24) is 10.2 Å². The fourth-order valence-corrected chi connectivity index (χ4v) is 4.04. The lowest BCUT2D eigenvalue weighted by atomic mass is 10.2. The van der Waals surface area contributed by atoms with Gasteiger partial charge in [-0.05, 0) is 42.3 Å². The summed E-state index contributed by atoms with van der Waals surface area (Å²) in [6, 6.07) is 15.4. The number of halogens is 1. The van der Waals surface area contributed by atoms with Crippen LogP contribution in [0, 0.1) is 6.92 Å². The first-order chi connectivity index (χ1) is 13.1. The molecule has 5 nitrogen and oxygen atoms in total. The zero-order valence-electron chi connectivity index (χ0n) is 14.6. The summed E-state index contributed by atoms with van der Waals surface area (Å²) in [6.07, 6.45) is 0.251. The molecule has 0 atom stereocenters. The molecule has 0 fully saturated rings. The molecular weight excluding hydrogens is 402 g/mol. The summed E-state index contributed by atoms with van der Waals surface area (Å²) >= 11 is 8.81. The number of ether oxygens (including phenoxy) is 1. The van der Waals surface area contributed by atoms with Crippen LogP contribution in [0.4, 0.5) is 5.13 Å². The van der Waals surface area contributed by atoms with Crippen molar-refractivity contribution in [2.24, 2.45) is 0 Å². The molecule has 0 spiro atoms. The van der Waals surface area contributed by atoms with E-state index in [4.69, 9.17) is 16.3 Å². The maximum atomic E-state index is 12.0. The molecule has 1 N–H and O–H groups in total. The number of anilines is 1. The number of benzene rings is 2. The summed E-state index contributed by atoms with van der Waals surface area (Å²) in [6.45, 7) is 2.31. The van der Waals surface area contributed by atoms with Crippen molar-refractivity contribution in [3.8, 4) is 5.75 Å². The maximum absolute atomic E-state index is 12.0. The summed E-state index contributed by atoms with van der Waals surface area (Å²) in [7, 11) is 0. The molecule has 1 amide bonds.